The highest BCUT2D eigenvalue weighted by Crippen LogP contribution is 2.20. The van der Waals surface area contributed by atoms with E-state index in [1.165, 1.54) is 31.1 Å². The molecule has 0 radical (unpaired) electrons. The SMILES string of the molecule is CN(Cc1ccccc1Br)C(=O)Nc1cccc(S(=O)(=O)N(C)C)c1. The summed E-state index contributed by atoms with van der Waals surface area (Å²) in [6, 6.07) is 13.5. The fraction of sp³-hybridized carbons (Fsp3) is 0.235. The lowest BCUT2D eigenvalue weighted by Crippen LogP contribution is -2.31. The molecular weight excluding hydrogens is 406 g/mol. The van der Waals surface area contributed by atoms with Crippen LogP contribution < -0.4 is 5.32 Å². The van der Waals surface area contributed by atoms with Crippen LogP contribution in [0.4, 0.5) is 10.5 Å². The van der Waals surface area contributed by atoms with Crippen molar-refractivity contribution in [1.29, 1.82) is 0 Å². The molecule has 2 amide bonds. The number of benzene rings is 2. The van der Waals surface area contributed by atoms with Crippen LogP contribution in [-0.2, 0) is 16.6 Å². The molecule has 0 heterocycles. The predicted molar refractivity (Wildman–Crippen MR) is 102 cm³/mol. The van der Waals surface area contributed by atoms with E-state index in [9.17, 15) is 13.2 Å². The molecule has 2 aromatic carbocycles. The summed E-state index contributed by atoms with van der Waals surface area (Å²) in [5.74, 6) is 0. The summed E-state index contributed by atoms with van der Waals surface area (Å²) < 4.78 is 26.4. The van der Waals surface area contributed by atoms with Crippen LogP contribution in [0.15, 0.2) is 57.9 Å². The third-order valence-corrected chi connectivity index (χ3v) is 6.16. The Bertz CT molecular complexity index is 869. The lowest BCUT2D eigenvalue weighted by molar-refractivity contribution is 0.220. The molecule has 134 valence electrons. The number of hydrogen-bond donors (Lipinski definition) is 1. The second-order valence-corrected chi connectivity index (χ2v) is 8.70. The first-order valence-corrected chi connectivity index (χ1v) is 9.73. The van der Waals surface area contributed by atoms with Gasteiger partial charge in [0.25, 0.3) is 0 Å². The van der Waals surface area contributed by atoms with Crippen LogP contribution in [0.2, 0.25) is 0 Å². The molecule has 0 saturated carbocycles. The number of rotatable bonds is 5. The number of hydrogen-bond acceptors (Lipinski definition) is 3. The Morgan fingerprint density at radius 1 is 1.08 bits per heavy atom. The molecule has 0 aliphatic carbocycles. The zero-order valence-electron chi connectivity index (χ0n) is 14.2. The minimum atomic E-state index is -3.55. The van der Waals surface area contributed by atoms with Crippen molar-refractivity contribution in [2.45, 2.75) is 11.4 Å². The van der Waals surface area contributed by atoms with Crippen molar-refractivity contribution in [2.75, 3.05) is 26.5 Å². The molecule has 0 spiro atoms. The van der Waals surface area contributed by atoms with Crippen LogP contribution >= 0.6 is 15.9 Å². The lowest BCUT2D eigenvalue weighted by atomic mass is 10.2. The normalized spacial score (nSPS) is 11.4. The van der Waals surface area contributed by atoms with Gasteiger partial charge in [0.2, 0.25) is 10.0 Å². The van der Waals surface area contributed by atoms with Gasteiger partial charge in [-0.3, -0.25) is 0 Å². The standard InChI is InChI=1S/C17H20BrN3O3S/c1-20(2)25(23,24)15-9-6-8-14(11-15)19-17(22)21(3)12-13-7-4-5-10-16(13)18/h4-11H,12H2,1-3H3,(H,19,22). The van der Waals surface area contributed by atoms with Gasteiger partial charge in [0.15, 0.2) is 0 Å². The maximum Gasteiger partial charge on any atom is 0.321 e. The van der Waals surface area contributed by atoms with Crippen LogP contribution in [0.25, 0.3) is 0 Å². The van der Waals surface area contributed by atoms with Gasteiger partial charge in [0.05, 0.1) is 4.90 Å². The average molecular weight is 426 g/mol. The fourth-order valence-corrected chi connectivity index (χ4v) is 3.48. The number of anilines is 1. The second-order valence-electron chi connectivity index (χ2n) is 5.69. The first kappa shape index (κ1) is 19.4. The third kappa shape index (κ3) is 4.81. The maximum absolute atomic E-state index is 12.4. The summed E-state index contributed by atoms with van der Waals surface area (Å²) in [5.41, 5.74) is 1.40. The zero-order valence-corrected chi connectivity index (χ0v) is 16.6. The first-order chi connectivity index (χ1) is 11.7. The number of nitrogens with one attached hydrogen (secondary N) is 1. The second kappa shape index (κ2) is 7.99. The van der Waals surface area contributed by atoms with Crippen molar-refractivity contribution in [3.8, 4) is 0 Å². The molecule has 0 unspecified atom stereocenters. The van der Waals surface area contributed by atoms with Crippen molar-refractivity contribution in [3.05, 3.63) is 58.6 Å². The Labute approximate surface area is 156 Å². The van der Waals surface area contributed by atoms with Crippen molar-refractivity contribution in [1.82, 2.24) is 9.21 Å². The number of urea groups is 1. The van der Waals surface area contributed by atoms with E-state index in [4.69, 9.17) is 0 Å². The highest BCUT2D eigenvalue weighted by atomic mass is 79.9. The molecule has 0 atom stereocenters. The highest BCUT2D eigenvalue weighted by Gasteiger charge is 2.18. The van der Waals surface area contributed by atoms with Crippen molar-refractivity contribution in [2.24, 2.45) is 0 Å². The molecule has 2 aromatic rings. The molecule has 0 aliphatic rings. The van der Waals surface area contributed by atoms with Gasteiger partial charge in [-0.15, -0.1) is 0 Å². The van der Waals surface area contributed by atoms with Crippen LogP contribution in [-0.4, -0.2) is 44.8 Å². The molecule has 6 nitrogen and oxygen atoms in total. The number of carbonyl (C=O) groups is 1. The van der Waals surface area contributed by atoms with Gasteiger partial charge >= 0.3 is 6.03 Å². The van der Waals surface area contributed by atoms with Gasteiger partial charge in [-0.1, -0.05) is 40.2 Å². The van der Waals surface area contributed by atoms with Gasteiger partial charge in [-0.2, -0.15) is 0 Å². The van der Waals surface area contributed by atoms with E-state index < -0.39 is 10.0 Å². The van der Waals surface area contributed by atoms with Gasteiger partial charge in [0, 0.05) is 37.8 Å². The van der Waals surface area contributed by atoms with Crippen LogP contribution in [0.3, 0.4) is 0 Å². The van der Waals surface area contributed by atoms with Crippen molar-refractivity contribution in [3.63, 3.8) is 0 Å². The third-order valence-electron chi connectivity index (χ3n) is 3.58. The van der Waals surface area contributed by atoms with E-state index in [1.54, 1.807) is 19.2 Å². The molecule has 0 bridgehead atoms. The number of nitrogens with zero attached hydrogens (tertiary/aromatic N) is 2. The summed E-state index contributed by atoms with van der Waals surface area (Å²) in [6.45, 7) is 0.420. The summed E-state index contributed by atoms with van der Waals surface area (Å²) in [7, 11) is 1.06. The smallest absolute Gasteiger partial charge is 0.321 e. The zero-order chi connectivity index (χ0) is 18.6. The minimum Gasteiger partial charge on any atom is -0.323 e. The maximum atomic E-state index is 12.4. The summed E-state index contributed by atoms with van der Waals surface area (Å²) in [4.78, 5) is 14.0. The summed E-state index contributed by atoms with van der Waals surface area (Å²) in [5, 5.41) is 2.72. The molecule has 0 fully saturated rings. The largest absolute Gasteiger partial charge is 0.323 e. The molecular formula is C17H20BrN3O3S. The van der Waals surface area contributed by atoms with E-state index >= 15 is 0 Å². The number of sulfonamides is 1. The lowest BCUT2D eigenvalue weighted by Gasteiger charge is -2.19. The number of halogens is 1. The Kier molecular flexibility index (Phi) is 6.21. The van der Waals surface area contributed by atoms with Crippen molar-refractivity contribution < 1.29 is 13.2 Å². The van der Waals surface area contributed by atoms with E-state index in [1.807, 2.05) is 24.3 Å². The Hall–Kier alpha value is -1.90. The Morgan fingerprint density at radius 3 is 2.40 bits per heavy atom. The van der Waals surface area contributed by atoms with E-state index in [0.29, 0.717) is 12.2 Å². The van der Waals surface area contributed by atoms with Gasteiger partial charge in [-0.25, -0.2) is 17.5 Å². The first-order valence-electron chi connectivity index (χ1n) is 7.50. The Balaban J connectivity index is 2.12. The highest BCUT2D eigenvalue weighted by molar-refractivity contribution is 9.10. The van der Waals surface area contributed by atoms with Crippen LogP contribution in [0, 0.1) is 0 Å². The fourth-order valence-electron chi connectivity index (χ4n) is 2.12. The predicted octanol–water partition coefficient (Wildman–Crippen LogP) is 3.36. The minimum absolute atomic E-state index is 0.128. The van der Waals surface area contributed by atoms with Gasteiger partial charge < -0.3 is 10.2 Å². The molecule has 0 saturated heterocycles. The molecule has 0 aromatic heterocycles. The van der Waals surface area contributed by atoms with Crippen LogP contribution in [0.5, 0.6) is 0 Å². The quantitative estimate of drug-likeness (QED) is 0.797. The molecule has 2 rings (SSSR count). The summed E-state index contributed by atoms with van der Waals surface area (Å²) in [6.07, 6.45) is 0. The van der Waals surface area contributed by atoms with Crippen LogP contribution in [0.1, 0.15) is 5.56 Å². The molecule has 1 N–H and O–H groups in total. The molecule has 8 heteroatoms. The molecule has 0 aliphatic heterocycles. The van der Waals surface area contributed by atoms with Crippen molar-refractivity contribution >= 4 is 37.7 Å². The summed E-state index contributed by atoms with van der Waals surface area (Å²) >= 11 is 3.46. The van der Waals surface area contributed by atoms with E-state index in [2.05, 4.69) is 21.2 Å². The number of carbonyl (C=O) groups excluding carboxylic acids is 1. The number of amides is 2. The van der Waals surface area contributed by atoms with Gasteiger partial charge in [-0.05, 0) is 29.8 Å². The average Bonchev–Trinajstić information content (AvgIpc) is 2.57. The Morgan fingerprint density at radius 2 is 1.76 bits per heavy atom. The van der Waals surface area contributed by atoms with Gasteiger partial charge in [0.1, 0.15) is 0 Å². The monoisotopic (exact) mass is 425 g/mol. The van der Waals surface area contributed by atoms with E-state index in [-0.39, 0.29) is 10.9 Å². The topological polar surface area (TPSA) is 69.7 Å². The van der Waals surface area contributed by atoms with E-state index in [0.717, 1.165) is 14.3 Å². The molecule has 25 heavy (non-hydrogen) atoms.